The molecule has 0 unspecified atom stereocenters. The van der Waals surface area contributed by atoms with Crippen molar-refractivity contribution in [2.45, 2.75) is 6.42 Å². The van der Waals surface area contributed by atoms with Gasteiger partial charge in [0.25, 0.3) is 0 Å². The number of carbonyl (C=O) groups is 1. The summed E-state index contributed by atoms with van der Waals surface area (Å²) >= 11 is 0. The molecule has 7 heteroatoms. The van der Waals surface area contributed by atoms with Crippen LogP contribution in [0.25, 0.3) is 23.0 Å². The number of benzene rings is 2. The highest BCUT2D eigenvalue weighted by molar-refractivity contribution is 5.93. The van der Waals surface area contributed by atoms with E-state index in [2.05, 4.69) is 9.88 Å². The average Bonchev–Trinajstić information content (AvgIpc) is 3.36. The summed E-state index contributed by atoms with van der Waals surface area (Å²) in [4.78, 5) is 21.6. The van der Waals surface area contributed by atoms with Crippen molar-refractivity contribution in [2.24, 2.45) is 0 Å². The maximum Gasteiger partial charge on any atom is 0.246 e. The van der Waals surface area contributed by atoms with Crippen molar-refractivity contribution in [3.63, 3.8) is 0 Å². The minimum absolute atomic E-state index is 0.0168. The van der Waals surface area contributed by atoms with Crippen molar-refractivity contribution in [3.8, 4) is 16.9 Å². The van der Waals surface area contributed by atoms with Crippen molar-refractivity contribution in [1.29, 1.82) is 0 Å². The number of rotatable bonds is 7. The van der Waals surface area contributed by atoms with E-state index in [0.29, 0.717) is 18.8 Å². The third-order valence-corrected chi connectivity index (χ3v) is 6.38. The van der Waals surface area contributed by atoms with Gasteiger partial charge in [-0.15, -0.1) is 0 Å². The highest BCUT2D eigenvalue weighted by Gasteiger charge is 2.20. The predicted molar refractivity (Wildman–Crippen MR) is 139 cm³/mol. The van der Waals surface area contributed by atoms with E-state index in [1.807, 2.05) is 65.8 Å². The van der Waals surface area contributed by atoms with E-state index in [-0.39, 0.29) is 11.7 Å². The number of para-hydroxylation sites is 1. The van der Waals surface area contributed by atoms with Crippen molar-refractivity contribution in [2.75, 3.05) is 32.7 Å². The van der Waals surface area contributed by atoms with E-state index in [0.717, 1.165) is 48.6 Å². The second kappa shape index (κ2) is 11.1. The molecule has 0 aliphatic carbocycles. The summed E-state index contributed by atoms with van der Waals surface area (Å²) in [6, 6.07) is 22.0. The lowest BCUT2D eigenvalue weighted by atomic mass is 10.1. The lowest BCUT2D eigenvalue weighted by Gasteiger charge is -2.34. The van der Waals surface area contributed by atoms with E-state index in [4.69, 9.17) is 5.10 Å². The number of hydrogen-bond acceptors (Lipinski definition) is 4. The zero-order valence-electron chi connectivity index (χ0n) is 20.0. The molecule has 3 heterocycles. The summed E-state index contributed by atoms with van der Waals surface area (Å²) in [5.41, 5.74) is 4.29. The molecule has 36 heavy (non-hydrogen) atoms. The highest BCUT2D eigenvalue weighted by atomic mass is 19.1. The molecule has 0 atom stereocenters. The van der Waals surface area contributed by atoms with Crippen LogP contribution in [0.15, 0.2) is 91.3 Å². The van der Waals surface area contributed by atoms with Crippen molar-refractivity contribution < 1.29 is 9.18 Å². The maximum absolute atomic E-state index is 13.5. The number of halogens is 1. The number of aromatic nitrogens is 3. The molecule has 0 radical (unpaired) electrons. The SMILES string of the molecule is O=C(/C=C/c1cn(-c2ccccc2)nc1-c1ccc(F)cc1)N1CCN(CCc2ccccn2)CC1. The third kappa shape index (κ3) is 5.75. The van der Waals surface area contributed by atoms with Crippen molar-refractivity contribution in [3.05, 3.63) is 108 Å². The Morgan fingerprint density at radius 3 is 2.39 bits per heavy atom. The zero-order chi connectivity index (χ0) is 24.7. The molecule has 1 saturated heterocycles. The monoisotopic (exact) mass is 481 g/mol. The number of piperazine rings is 1. The summed E-state index contributed by atoms with van der Waals surface area (Å²) in [5, 5.41) is 4.73. The summed E-state index contributed by atoms with van der Waals surface area (Å²) in [6.07, 6.45) is 8.05. The fraction of sp³-hybridized carbons (Fsp3) is 0.207. The van der Waals surface area contributed by atoms with Gasteiger partial charge < -0.3 is 4.90 Å². The minimum Gasteiger partial charge on any atom is -0.337 e. The molecular formula is C29H28FN5O. The largest absolute Gasteiger partial charge is 0.337 e. The Balaban J connectivity index is 1.26. The topological polar surface area (TPSA) is 54.3 Å². The molecule has 2 aromatic heterocycles. The number of carbonyl (C=O) groups excluding carboxylic acids is 1. The highest BCUT2D eigenvalue weighted by Crippen LogP contribution is 2.25. The molecule has 0 N–H and O–H groups in total. The average molecular weight is 482 g/mol. The number of amides is 1. The van der Waals surface area contributed by atoms with Crippen molar-refractivity contribution >= 4 is 12.0 Å². The lowest BCUT2D eigenvalue weighted by Crippen LogP contribution is -2.48. The molecule has 5 rings (SSSR count). The van der Waals surface area contributed by atoms with Gasteiger partial charge in [0, 0.05) is 74.4 Å². The molecule has 1 aliphatic heterocycles. The Labute approximate surface area is 210 Å². The Morgan fingerprint density at radius 1 is 0.917 bits per heavy atom. The number of pyridine rings is 1. The van der Waals surface area contributed by atoms with Gasteiger partial charge in [0.1, 0.15) is 5.82 Å². The van der Waals surface area contributed by atoms with E-state index in [9.17, 15) is 9.18 Å². The van der Waals surface area contributed by atoms with Crippen molar-refractivity contribution in [1.82, 2.24) is 24.6 Å². The smallest absolute Gasteiger partial charge is 0.246 e. The Hall–Kier alpha value is -4.10. The first-order valence-corrected chi connectivity index (χ1v) is 12.2. The Morgan fingerprint density at radius 2 is 1.67 bits per heavy atom. The van der Waals surface area contributed by atoms with E-state index in [1.54, 1.807) is 29.0 Å². The fourth-order valence-electron chi connectivity index (χ4n) is 4.33. The molecular weight excluding hydrogens is 453 g/mol. The van der Waals surface area contributed by atoms with E-state index >= 15 is 0 Å². The van der Waals surface area contributed by atoms with Crippen LogP contribution in [0, 0.1) is 5.82 Å². The first-order valence-electron chi connectivity index (χ1n) is 12.2. The molecule has 4 aromatic rings. The van der Waals surface area contributed by atoms with E-state index < -0.39 is 0 Å². The van der Waals surface area contributed by atoms with Crippen LogP contribution in [0.4, 0.5) is 4.39 Å². The molecule has 2 aromatic carbocycles. The molecule has 6 nitrogen and oxygen atoms in total. The quantitative estimate of drug-likeness (QED) is 0.366. The predicted octanol–water partition coefficient (Wildman–Crippen LogP) is 4.47. The van der Waals surface area contributed by atoms with Crippen LogP contribution in [0.5, 0.6) is 0 Å². The Bertz CT molecular complexity index is 1310. The zero-order valence-corrected chi connectivity index (χ0v) is 20.0. The summed E-state index contributed by atoms with van der Waals surface area (Å²) in [7, 11) is 0. The van der Waals surface area contributed by atoms with Gasteiger partial charge in [-0.05, 0) is 54.6 Å². The number of nitrogens with zero attached hydrogens (tertiary/aromatic N) is 5. The lowest BCUT2D eigenvalue weighted by molar-refractivity contribution is -0.127. The van der Waals surface area contributed by atoms with Gasteiger partial charge in [-0.1, -0.05) is 24.3 Å². The standard InChI is InChI=1S/C29H28FN5O/c30-25-12-9-23(10-13-25)29-24(22-35(32-29)27-7-2-1-3-8-27)11-14-28(36)34-20-18-33(19-21-34)17-15-26-6-4-5-16-31-26/h1-14,16,22H,15,17-21H2/b14-11+. The molecule has 1 amide bonds. The number of hydrogen-bond donors (Lipinski definition) is 0. The first-order chi connectivity index (χ1) is 17.7. The first kappa shape index (κ1) is 23.6. The Kier molecular flexibility index (Phi) is 7.28. The summed E-state index contributed by atoms with van der Waals surface area (Å²) in [5.74, 6) is -0.315. The maximum atomic E-state index is 13.5. The normalized spacial score (nSPS) is 14.4. The van der Waals surface area contributed by atoms with Gasteiger partial charge >= 0.3 is 0 Å². The van der Waals surface area contributed by atoms with Crippen LogP contribution in [-0.2, 0) is 11.2 Å². The molecule has 1 fully saturated rings. The van der Waals surface area contributed by atoms with Gasteiger partial charge in [0.05, 0.1) is 11.4 Å². The van der Waals surface area contributed by atoms with Gasteiger partial charge in [-0.25, -0.2) is 9.07 Å². The van der Waals surface area contributed by atoms with Gasteiger partial charge in [0.15, 0.2) is 0 Å². The molecule has 1 aliphatic rings. The second-order valence-electron chi connectivity index (χ2n) is 8.79. The van der Waals surface area contributed by atoms with Gasteiger partial charge in [0.2, 0.25) is 5.91 Å². The van der Waals surface area contributed by atoms with Gasteiger partial charge in [-0.3, -0.25) is 14.7 Å². The van der Waals surface area contributed by atoms with Crippen LogP contribution < -0.4 is 0 Å². The van der Waals surface area contributed by atoms with Crippen LogP contribution in [-0.4, -0.2) is 63.2 Å². The third-order valence-electron chi connectivity index (χ3n) is 6.38. The summed E-state index contributed by atoms with van der Waals surface area (Å²) in [6.45, 7) is 4.02. The van der Waals surface area contributed by atoms with E-state index in [1.165, 1.54) is 12.1 Å². The van der Waals surface area contributed by atoms with Crippen LogP contribution in [0.2, 0.25) is 0 Å². The summed E-state index contributed by atoms with van der Waals surface area (Å²) < 4.78 is 15.3. The van der Waals surface area contributed by atoms with Gasteiger partial charge in [-0.2, -0.15) is 5.10 Å². The molecule has 0 spiro atoms. The van der Waals surface area contributed by atoms with Crippen LogP contribution >= 0.6 is 0 Å². The second-order valence-corrected chi connectivity index (χ2v) is 8.79. The fourth-order valence-corrected chi connectivity index (χ4v) is 4.33. The molecule has 0 bridgehead atoms. The van der Waals surface area contributed by atoms with Crippen LogP contribution in [0.1, 0.15) is 11.3 Å². The molecule has 182 valence electrons. The minimum atomic E-state index is -0.298. The molecule has 0 saturated carbocycles. The van der Waals surface area contributed by atoms with Crippen LogP contribution in [0.3, 0.4) is 0 Å².